The maximum absolute atomic E-state index is 13.6. The number of sulfonamides is 1. The Morgan fingerprint density at radius 2 is 1.89 bits per heavy atom. The molecule has 0 aliphatic carbocycles. The van der Waals surface area contributed by atoms with E-state index in [0.29, 0.717) is 18.5 Å². The van der Waals surface area contributed by atoms with E-state index in [1.165, 1.54) is 18.2 Å². The van der Waals surface area contributed by atoms with Gasteiger partial charge in [0.2, 0.25) is 10.0 Å². The summed E-state index contributed by atoms with van der Waals surface area (Å²) in [4.78, 5) is 9.94. The smallest absolute Gasteiger partial charge is 0.289 e. The minimum absolute atomic E-state index is 0.253. The second-order valence-corrected chi connectivity index (χ2v) is 7.91. The molecule has 10 heteroatoms. The van der Waals surface area contributed by atoms with Crippen LogP contribution in [0.5, 0.6) is 0 Å². The molecule has 1 fully saturated rings. The lowest BCUT2D eigenvalue weighted by molar-refractivity contribution is -0.387. The normalized spacial score (nSPS) is 20.4. The van der Waals surface area contributed by atoms with Crippen LogP contribution in [0.3, 0.4) is 0 Å². The minimum Gasteiger partial charge on any atom is -0.315 e. The van der Waals surface area contributed by atoms with Gasteiger partial charge in [0, 0.05) is 24.6 Å². The van der Waals surface area contributed by atoms with E-state index in [-0.39, 0.29) is 6.54 Å². The molecule has 0 unspecified atom stereocenters. The van der Waals surface area contributed by atoms with Crippen LogP contribution in [-0.2, 0) is 10.0 Å². The van der Waals surface area contributed by atoms with Crippen molar-refractivity contribution in [3.8, 4) is 0 Å². The van der Waals surface area contributed by atoms with Gasteiger partial charge in [-0.15, -0.1) is 0 Å². The first-order valence-corrected chi connectivity index (χ1v) is 9.69. The van der Waals surface area contributed by atoms with E-state index in [2.05, 4.69) is 10.0 Å². The Kier molecular flexibility index (Phi) is 5.49. The molecular weight excluding hydrogens is 380 g/mol. The molecule has 1 aliphatic heterocycles. The van der Waals surface area contributed by atoms with Gasteiger partial charge in [0.1, 0.15) is 0 Å². The molecule has 0 saturated carbocycles. The van der Waals surface area contributed by atoms with E-state index in [9.17, 15) is 27.3 Å². The van der Waals surface area contributed by atoms with E-state index in [0.717, 1.165) is 24.3 Å². The highest BCUT2D eigenvalue weighted by molar-refractivity contribution is 7.89. The lowest BCUT2D eigenvalue weighted by Gasteiger charge is -2.33. The fourth-order valence-electron chi connectivity index (χ4n) is 3.22. The topological polar surface area (TPSA) is 101 Å². The lowest BCUT2D eigenvalue weighted by atomic mass is 9.86. The molecule has 2 aromatic carbocycles. The SMILES string of the molecule is O=[N+]([O-])c1ccccc1S(=O)(=O)N[C@@H]1CNCC[C@@H]1c1ccc(F)c(F)c1. The number of nitro groups is 1. The summed E-state index contributed by atoms with van der Waals surface area (Å²) in [7, 11) is -4.19. The maximum Gasteiger partial charge on any atom is 0.289 e. The third-order valence-electron chi connectivity index (χ3n) is 4.51. The predicted octanol–water partition coefficient (Wildman–Crippen LogP) is 2.30. The molecule has 7 nitrogen and oxygen atoms in total. The molecule has 144 valence electrons. The van der Waals surface area contributed by atoms with Gasteiger partial charge in [-0.2, -0.15) is 0 Å². The number of piperidine rings is 1. The first-order chi connectivity index (χ1) is 12.8. The Morgan fingerprint density at radius 3 is 2.59 bits per heavy atom. The average molecular weight is 397 g/mol. The van der Waals surface area contributed by atoms with Crippen molar-refractivity contribution in [3.63, 3.8) is 0 Å². The summed E-state index contributed by atoms with van der Waals surface area (Å²) in [6, 6.07) is 7.84. The van der Waals surface area contributed by atoms with Crippen LogP contribution in [0.15, 0.2) is 47.4 Å². The van der Waals surface area contributed by atoms with Gasteiger partial charge in [-0.1, -0.05) is 18.2 Å². The summed E-state index contributed by atoms with van der Waals surface area (Å²) in [5, 5.41) is 14.2. The summed E-state index contributed by atoms with van der Waals surface area (Å²) in [6.07, 6.45) is 0.495. The Labute approximate surface area is 154 Å². The van der Waals surface area contributed by atoms with Crippen LogP contribution < -0.4 is 10.0 Å². The van der Waals surface area contributed by atoms with Gasteiger partial charge < -0.3 is 5.32 Å². The fourth-order valence-corrected chi connectivity index (χ4v) is 4.67. The zero-order chi connectivity index (χ0) is 19.6. The highest BCUT2D eigenvalue weighted by Gasteiger charge is 2.33. The summed E-state index contributed by atoms with van der Waals surface area (Å²) < 4.78 is 54.8. The number of nitrogens with zero attached hydrogens (tertiary/aromatic N) is 1. The van der Waals surface area contributed by atoms with Gasteiger partial charge in [-0.3, -0.25) is 10.1 Å². The van der Waals surface area contributed by atoms with Crippen molar-refractivity contribution >= 4 is 15.7 Å². The summed E-state index contributed by atoms with van der Waals surface area (Å²) in [5.74, 6) is -2.39. The number of rotatable bonds is 5. The van der Waals surface area contributed by atoms with Gasteiger partial charge >= 0.3 is 0 Å². The van der Waals surface area contributed by atoms with Gasteiger partial charge in [0.05, 0.1) is 4.92 Å². The maximum atomic E-state index is 13.6. The lowest BCUT2D eigenvalue weighted by Crippen LogP contribution is -2.50. The average Bonchev–Trinajstić information content (AvgIpc) is 2.64. The zero-order valence-corrected chi connectivity index (χ0v) is 14.9. The number of nitrogens with one attached hydrogen (secondary N) is 2. The van der Waals surface area contributed by atoms with Crippen molar-refractivity contribution in [1.82, 2.24) is 10.0 Å². The van der Waals surface area contributed by atoms with Gasteiger partial charge in [0.25, 0.3) is 5.69 Å². The summed E-state index contributed by atoms with van der Waals surface area (Å²) in [6.45, 7) is 0.830. The Bertz CT molecular complexity index is 968. The molecule has 2 aromatic rings. The summed E-state index contributed by atoms with van der Waals surface area (Å²) >= 11 is 0. The molecule has 0 spiro atoms. The van der Waals surface area contributed by atoms with Crippen molar-refractivity contribution < 1.29 is 22.1 Å². The van der Waals surface area contributed by atoms with Crippen LogP contribution >= 0.6 is 0 Å². The van der Waals surface area contributed by atoms with Crippen LogP contribution in [-0.4, -0.2) is 32.5 Å². The molecule has 0 amide bonds. The van der Waals surface area contributed by atoms with Crippen LogP contribution in [0.1, 0.15) is 17.9 Å². The number of benzene rings is 2. The van der Waals surface area contributed by atoms with Crippen LogP contribution in [0, 0.1) is 21.7 Å². The van der Waals surface area contributed by atoms with Crippen LogP contribution in [0.25, 0.3) is 0 Å². The van der Waals surface area contributed by atoms with Crippen molar-refractivity contribution in [3.05, 3.63) is 69.8 Å². The quantitative estimate of drug-likeness (QED) is 0.596. The monoisotopic (exact) mass is 397 g/mol. The molecule has 0 bridgehead atoms. The highest BCUT2D eigenvalue weighted by atomic mass is 32.2. The molecule has 2 atom stereocenters. The molecule has 0 aromatic heterocycles. The molecular formula is C17H17F2N3O4S. The molecule has 27 heavy (non-hydrogen) atoms. The molecule has 0 radical (unpaired) electrons. The van der Waals surface area contributed by atoms with Crippen molar-refractivity contribution in [2.24, 2.45) is 0 Å². The first kappa shape index (κ1) is 19.3. The van der Waals surface area contributed by atoms with Gasteiger partial charge in [-0.25, -0.2) is 21.9 Å². The van der Waals surface area contributed by atoms with Gasteiger partial charge in [0.15, 0.2) is 16.5 Å². The number of nitro benzene ring substituents is 1. The highest BCUT2D eigenvalue weighted by Crippen LogP contribution is 2.29. The van der Waals surface area contributed by atoms with Crippen molar-refractivity contribution in [1.29, 1.82) is 0 Å². The third kappa shape index (κ3) is 4.12. The second kappa shape index (κ2) is 7.67. The number of halogens is 2. The largest absolute Gasteiger partial charge is 0.315 e. The summed E-state index contributed by atoms with van der Waals surface area (Å²) in [5.41, 5.74) is -0.0659. The molecule has 3 rings (SSSR count). The number of hydrogen-bond acceptors (Lipinski definition) is 5. The predicted molar refractivity (Wildman–Crippen MR) is 93.8 cm³/mol. The molecule has 1 saturated heterocycles. The molecule has 1 aliphatic rings. The molecule has 1 heterocycles. The standard InChI is InChI=1S/C17H17F2N3O4S/c18-13-6-5-11(9-14(13)19)12-7-8-20-10-15(12)21-27(25,26)17-4-2-1-3-16(17)22(23)24/h1-6,9,12,15,20-21H,7-8,10H2/t12-,15-/m1/s1. The van der Waals surface area contributed by atoms with Crippen LogP contribution in [0.4, 0.5) is 14.5 Å². The van der Waals surface area contributed by atoms with E-state index >= 15 is 0 Å². The van der Waals surface area contributed by atoms with E-state index in [1.54, 1.807) is 0 Å². The van der Waals surface area contributed by atoms with Crippen LogP contribution in [0.2, 0.25) is 0 Å². The first-order valence-electron chi connectivity index (χ1n) is 8.21. The van der Waals surface area contributed by atoms with Crippen molar-refractivity contribution in [2.75, 3.05) is 13.1 Å². The van der Waals surface area contributed by atoms with E-state index in [4.69, 9.17) is 0 Å². The third-order valence-corrected chi connectivity index (χ3v) is 6.05. The number of hydrogen-bond donors (Lipinski definition) is 2. The molecule has 2 N–H and O–H groups in total. The second-order valence-electron chi connectivity index (χ2n) is 6.23. The minimum atomic E-state index is -4.19. The number of para-hydroxylation sites is 1. The van der Waals surface area contributed by atoms with Gasteiger partial charge in [-0.05, 0) is 36.7 Å². The van der Waals surface area contributed by atoms with E-state index < -0.39 is 49.1 Å². The van der Waals surface area contributed by atoms with Crippen molar-refractivity contribution in [2.45, 2.75) is 23.3 Å². The fraction of sp³-hybridized carbons (Fsp3) is 0.294. The Hall–Kier alpha value is -2.43. The Morgan fingerprint density at radius 1 is 1.15 bits per heavy atom. The zero-order valence-electron chi connectivity index (χ0n) is 14.1. The Balaban J connectivity index is 1.92. The van der Waals surface area contributed by atoms with E-state index in [1.807, 2.05) is 0 Å².